The zero-order chi connectivity index (χ0) is 26.8. The molecule has 1 N–H and O–H groups in total. The fourth-order valence-electron chi connectivity index (χ4n) is 4.74. The maximum atomic E-state index is 13.0. The first-order valence-electron chi connectivity index (χ1n) is 12.7. The van der Waals surface area contributed by atoms with Crippen LogP contribution < -0.4 is 5.32 Å². The van der Waals surface area contributed by atoms with Crippen LogP contribution in [0.2, 0.25) is 0 Å². The lowest BCUT2D eigenvalue weighted by Gasteiger charge is -2.12. The average Bonchev–Trinajstić information content (AvgIpc) is 3.57. The van der Waals surface area contributed by atoms with E-state index in [1.165, 1.54) is 38.4 Å². The number of carbonyl (C=O) groups is 2. The van der Waals surface area contributed by atoms with Crippen molar-refractivity contribution in [2.75, 3.05) is 17.7 Å². The zero-order valence-electron chi connectivity index (χ0n) is 21.9. The Bertz CT molecular complexity index is 1480. The van der Waals surface area contributed by atoms with Crippen molar-refractivity contribution < 1.29 is 14.3 Å². The van der Waals surface area contributed by atoms with E-state index in [4.69, 9.17) is 4.74 Å². The van der Waals surface area contributed by atoms with Crippen molar-refractivity contribution in [3.05, 3.63) is 56.1 Å². The summed E-state index contributed by atoms with van der Waals surface area (Å²) in [5, 5.41) is 15.2. The lowest BCUT2D eigenvalue weighted by atomic mass is 9.95. The quantitative estimate of drug-likeness (QED) is 0.189. The molecule has 0 bridgehead atoms. The number of thioether (sulfide) groups is 1. The maximum absolute atomic E-state index is 13.0. The molecule has 1 aliphatic rings. The number of nitrogens with zero attached hydrogens (tertiary/aromatic N) is 3. The predicted octanol–water partition coefficient (Wildman–Crippen LogP) is 6.68. The molecule has 0 unspecified atom stereocenters. The normalized spacial score (nSPS) is 12.8. The molecule has 0 saturated heterocycles. The molecule has 4 aromatic rings. The lowest BCUT2D eigenvalue weighted by molar-refractivity contribution is -0.113. The number of aromatic nitrogens is 3. The van der Waals surface area contributed by atoms with Gasteiger partial charge in [-0.25, -0.2) is 4.79 Å². The Morgan fingerprint density at radius 1 is 1.13 bits per heavy atom. The average molecular weight is 567 g/mol. The second-order valence-corrected chi connectivity index (χ2v) is 12.4. The Kier molecular flexibility index (Phi) is 8.01. The fourth-order valence-corrected chi connectivity index (χ4v) is 7.61. The number of fused-ring (bicyclic) bond motifs is 1. The first kappa shape index (κ1) is 26.6. The second-order valence-electron chi connectivity index (χ2n) is 9.28. The van der Waals surface area contributed by atoms with Gasteiger partial charge in [-0.05, 0) is 57.6 Å². The number of nitrogens with one attached hydrogen (secondary N) is 1. The summed E-state index contributed by atoms with van der Waals surface area (Å²) in [5.74, 6) is 0.381. The number of rotatable bonds is 8. The van der Waals surface area contributed by atoms with Crippen LogP contribution in [0.25, 0.3) is 22.5 Å². The topological polar surface area (TPSA) is 86.1 Å². The highest BCUT2D eigenvalue weighted by Crippen LogP contribution is 2.40. The van der Waals surface area contributed by atoms with E-state index in [2.05, 4.69) is 59.0 Å². The van der Waals surface area contributed by atoms with Crippen LogP contribution in [0, 0.1) is 13.8 Å². The Morgan fingerprint density at radius 2 is 1.89 bits per heavy atom. The molecule has 198 valence electrons. The number of carbonyl (C=O) groups excluding carboxylic acids is 2. The first-order chi connectivity index (χ1) is 18.4. The van der Waals surface area contributed by atoms with Crippen molar-refractivity contribution in [1.29, 1.82) is 0 Å². The van der Waals surface area contributed by atoms with E-state index in [9.17, 15) is 9.59 Å². The molecule has 0 fully saturated rings. The first-order valence-corrected chi connectivity index (χ1v) is 15.3. The van der Waals surface area contributed by atoms with Crippen LogP contribution in [0.4, 0.5) is 5.00 Å². The Balaban J connectivity index is 1.32. The predicted molar refractivity (Wildman–Crippen MR) is 155 cm³/mol. The zero-order valence-corrected chi connectivity index (χ0v) is 24.4. The molecule has 5 rings (SSSR count). The van der Waals surface area contributed by atoms with E-state index in [0.717, 1.165) is 53.8 Å². The van der Waals surface area contributed by atoms with Gasteiger partial charge in [0.1, 0.15) is 5.00 Å². The molecule has 1 aliphatic carbocycles. The number of aryl methyl sites for hydroxylation is 3. The van der Waals surface area contributed by atoms with Crippen molar-refractivity contribution >= 4 is 51.3 Å². The third-order valence-electron chi connectivity index (χ3n) is 6.63. The molecule has 0 saturated carbocycles. The van der Waals surface area contributed by atoms with Gasteiger partial charge in [0.25, 0.3) is 0 Å². The lowest BCUT2D eigenvalue weighted by Crippen LogP contribution is -2.17. The summed E-state index contributed by atoms with van der Waals surface area (Å²) in [6, 6.07) is 8.50. The van der Waals surface area contributed by atoms with Crippen LogP contribution in [0.3, 0.4) is 0 Å². The molecule has 10 heteroatoms. The number of amides is 1. The summed E-state index contributed by atoms with van der Waals surface area (Å²) in [6.45, 7) is 6.29. The van der Waals surface area contributed by atoms with Crippen molar-refractivity contribution in [2.45, 2.75) is 51.6 Å². The molecule has 0 spiro atoms. The van der Waals surface area contributed by atoms with Gasteiger partial charge in [-0.1, -0.05) is 41.6 Å². The fraction of sp³-hybridized carbons (Fsp3) is 0.357. The summed E-state index contributed by atoms with van der Waals surface area (Å²) in [4.78, 5) is 28.0. The van der Waals surface area contributed by atoms with Gasteiger partial charge in [-0.3, -0.25) is 4.79 Å². The van der Waals surface area contributed by atoms with Crippen molar-refractivity contribution in [1.82, 2.24) is 14.8 Å². The maximum Gasteiger partial charge on any atom is 0.341 e. The van der Waals surface area contributed by atoms with Crippen LogP contribution in [0.1, 0.15) is 51.0 Å². The SMILES string of the molecule is CCOC(=O)c1c(NC(=O)CSc2nnc(-c3csc(C)c3-c3ccc(C)cc3)n2C)sc2c1CCCC2. The Labute approximate surface area is 234 Å². The molecule has 3 heterocycles. The minimum Gasteiger partial charge on any atom is -0.462 e. The van der Waals surface area contributed by atoms with Gasteiger partial charge in [-0.15, -0.1) is 32.9 Å². The standard InChI is InChI=1S/C28H30N4O3S3/c1-5-35-27(34)24-19-8-6-7-9-21(19)38-26(24)29-22(33)15-37-28-31-30-25(32(28)4)20-14-36-17(3)23(20)18-12-10-16(2)11-13-18/h10-14H,5-9,15H2,1-4H3,(H,29,33). The molecule has 38 heavy (non-hydrogen) atoms. The van der Waals surface area contributed by atoms with E-state index in [1.54, 1.807) is 18.3 Å². The Hall–Kier alpha value is -2.95. The second kappa shape index (κ2) is 11.4. The smallest absolute Gasteiger partial charge is 0.341 e. The van der Waals surface area contributed by atoms with E-state index in [-0.39, 0.29) is 17.6 Å². The summed E-state index contributed by atoms with van der Waals surface area (Å²) >= 11 is 4.52. The highest BCUT2D eigenvalue weighted by molar-refractivity contribution is 7.99. The van der Waals surface area contributed by atoms with Crippen LogP contribution in [-0.4, -0.2) is 39.0 Å². The molecule has 7 nitrogen and oxygen atoms in total. The van der Waals surface area contributed by atoms with Crippen molar-refractivity contribution in [2.24, 2.45) is 7.05 Å². The van der Waals surface area contributed by atoms with Crippen LogP contribution >= 0.6 is 34.4 Å². The molecule has 0 atom stereocenters. The van der Waals surface area contributed by atoms with Gasteiger partial charge in [0.2, 0.25) is 5.91 Å². The summed E-state index contributed by atoms with van der Waals surface area (Å²) < 4.78 is 7.24. The van der Waals surface area contributed by atoms with E-state index >= 15 is 0 Å². The minimum atomic E-state index is -0.358. The van der Waals surface area contributed by atoms with Gasteiger partial charge < -0.3 is 14.6 Å². The van der Waals surface area contributed by atoms with Crippen LogP contribution in [0.5, 0.6) is 0 Å². The highest BCUT2D eigenvalue weighted by Gasteiger charge is 2.27. The number of anilines is 1. The summed E-state index contributed by atoms with van der Waals surface area (Å²) in [7, 11) is 1.92. The number of hydrogen-bond acceptors (Lipinski definition) is 8. The molecule has 0 radical (unpaired) electrons. The highest BCUT2D eigenvalue weighted by atomic mass is 32.2. The van der Waals surface area contributed by atoms with E-state index in [0.29, 0.717) is 22.3 Å². The molecule has 1 amide bonds. The third kappa shape index (κ3) is 5.30. The number of benzene rings is 1. The monoisotopic (exact) mass is 566 g/mol. The largest absolute Gasteiger partial charge is 0.462 e. The van der Waals surface area contributed by atoms with Crippen molar-refractivity contribution in [3.8, 4) is 22.5 Å². The summed E-state index contributed by atoms with van der Waals surface area (Å²) in [5.41, 5.74) is 6.13. The van der Waals surface area contributed by atoms with E-state index < -0.39 is 0 Å². The van der Waals surface area contributed by atoms with Crippen LogP contribution in [0.15, 0.2) is 34.8 Å². The van der Waals surface area contributed by atoms with Gasteiger partial charge in [0, 0.05) is 33.3 Å². The number of hydrogen-bond donors (Lipinski definition) is 1. The molecule has 3 aromatic heterocycles. The summed E-state index contributed by atoms with van der Waals surface area (Å²) in [6.07, 6.45) is 3.93. The molecular formula is C28H30N4O3S3. The minimum absolute atomic E-state index is 0.157. The molecular weight excluding hydrogens is 537 g/mol. The molecule has 0 aliphatic heterocycles. The number of esters is 1. The van der Waals surface area contributed by atoms with Crippen LogP contribution in [-0.2, 0) is 29.4 Å². The molecule has 1 aromatic carbocycles. The van der Waals surface area contributed by atoms with Gasteiger partial charge in [0.05, 0.1) is 17.9 Å². The number of thiophene rings is 2. The van der Waals surface area contributed by atoms with Gasteiger partial charge >= 0.3 is 5.97 Å². The van der Waals surface area contributed by atoms with Crippen molar-refractivity contribution in [3.63, 3.8) is 0 Å². The van der Waals surface area contributed by atoms with Gasteiger partial charge in [0.15, 0.2) is 11.0 Å². The van der Waals surface area contributed by atoms with Gasteiger partial charge in [-0.2, -0.15) is 0 Å². The Morgan fingerprint density at radius 3 is 2.66 bits per heavy atom. The number of ether oxygens (including phenoxy) is 1. The van der Waals surface area contributed by atoms with E-state index in [1.807, 2.05) is 11.6 Å². The third-order valence-corrected chi connectivity index (χ3v) is 9.77.